The van der Waals surface area contributed by atoms with E-state index in [9.17, 15) is 4.79 Å². The third kappa shape index (κ3) is 3.97. The molecule has 0 atom stereocenters. The highest BCUT2D eigenvalue weighted by atomic mass is 16.1. The molecule has 0 spiro atoms. The van der Waals surface area contributed by atoms with E-state index >= 15 is 0 Å². The maximum Gasteiger partial charge on any atom is 0.220 e. The van der Waals surface area contributed by atoms with Gasteiger partial charge in [-0.3, -0.25) is 4.79 Å². The van der Waals surface area contributed by atoms with Gasteiger partial charge in [-0.05, 0) is 25.5 Å². The molecule has 2 aliphatic rings. The number of likely N-dealkylation sites (tertiary alicyclic amines) is 1. The molecule has 2 aliphatic heterocycles. The van der Waals surface area contributed by atoms with E-state index in [0.29, 0.717) is 0 Å². The molecular weight excluding hydrogens is 164 g/mol. The van der Waals surface area contributed by atoms with Gasteiger partial charge in [0.25, 0.3) is 0 Å². The van der Waals surface area contributed by atoms with Crippen LogP contribution in [-0.2, 0) is 4.79 Å². The Morgan fingerprint density at radius 1 is 1.31 bits per heavy atom. The third-order valence-corrected chi connectivity index (χ3v) is 2.30. The lowest BCUT2D eigenvalue weighted by molar-refractivity contribution is -0.119. The Labute approximate surface area is 79.8 Å². The zero-order valence-electron chi connectivity index (χ0n) is 8.09. The fourth-order valence-corrected chi connectivity index (χ4v) is 1.49. The van der Waals surface area contributed by atoms with E-state index in [-0.39, 0.29) is 5.91 Å². The monoisotopic (exact) mass is 182 g/mol. The number of amides is 1. The Kier molecular flexibility index (Phi) is 4.36. The summed E-state index contributed by atoms with van der Waals surface area (Å²) in [5.74, 6) is 0.204. The van der Waals surface area contributed by atoms with Crippen molar-refractivity contribution in [3.63, 3.8) is 0 Å². The van der Waals surface area contributed by atoms with E-state index in [2.05, 4.69) is 16.8 Å². The van der Waals surface area contributed by atoms with Gasteiger partial charge in [-0.25, -0.2) is 0 Å². The quantitative estimate of drug-likeness (QED) is 0.659. The summed E-state index contributed by atoms with van der Waals surface area (Å²) in [7, 11) is 0. The van der Waals surface area contributed by atoms with Crippen molar-refractivity contribution in [1.29, 1.82) is 0 Å². The molecule has 3 heteroatoms. The third-order valence-electron chi connectivity index (χ3n) is 2.30. The minimum absolute atomic E-state index is 0.204. The molecule has 13 heavy (non-hydrogen) atoms. The van der Waals surface area contributed by atoms with Crippen LogP contribution in [0, 0.1) is 0 Å². The van der Waals surface area contributed by atoms with E-state index in [0.717, 1.165) is 19.4 Å². The second-order valence-corrected chi connectivity index (χ2v) is 3.38. The first-order chi connectivity index (χ1) is 6.33. The number of rotatable bonds is 1. The van der Waals surface area contributed by atoms with Gasteiger partial charge in [0.15, 0.2) is 0 Å². The second kappa shape index (κ2) is 5.62. The molecule has 0 aliphatic carbocycles. The van der Waals surface area contributed by atoms with Crippen LogP contribution in [0.2, 0.25) is 0 Å². The zero-order chi connectivity index (χ0) is 9.52. The van der Waals surface area contributed by atoms with Gasteiger partial charge < -0.3 is 10.2 Å². The topological polar surface area (TPSA) is 32.3 Å². The average molecular weight is 182 g/mol. The highest BCUT2D eigenvalue weighted by molar-refractivity contribution is 5.77. The van der Waals surface area contributed by atoms with Crippen LogP contribution in [-0.4, -0.2) is 30.4 Å². The van der Waals surface area contributed by atoms with E-state index in [4.69, 9.17) is 0 Å². The van der Waals surface area contributed by atoms with Crippen LogP contribution in [0.25, 0.3) is 0 Å². The van der Waals surface area contributed by atoms with Crippen molar-refractivity contribution in [3.8, 4) is 0 Å². The first-order valence-corrected chi connectivity index (χ1v) is 4.96. The standard InChI is InChI=1S/C6H11N.C4H7NO/c1-2-7-5-3-4-6-7;6-4-2-1-3-5-4/h2H,1,3-6H2;1-3H2,(H,5,6). The fourth-order valence-electron chi connectivity index (χ4n) is 1.49. The lowest BCUT2D eigenvalue weighted by atomic mass is 10.4. The molecule has 2 fully saturated rings. The summed E-state index contributed by atoms with van der Waals surface area (Å²) in [6.07, 6.45) is 6.39. The summed E-state index contributed by atoms with van der Waals surface area (Å²) in [5, 5.41) is 2.68. The van der Waals surface area contributed by atoms with Crippen molar-refractivity contribution in [2.45, 2.75) is 25.7 Å². The van der Waals surface area contributed by atoms with Crippen LogP contribution < -0.4 is 5.32 Å². The van der Waals surface area contributed by atoms with Gasteiger partial charge in [0.05, 0.1) is 0 Å². The van der Waals surface area contributed by atoms with Crippen LogP contribution in [0.1, 0.15) is 25.7 Å². The van der Waals surface area contributed by atoms with Crippen LogP contribution >= 0.6 is 0 Å². The Bertz CT molecular complexity index is 166. The number of nitrogens with one attached hydrogen (secondary N) is 1. The van der Waals surface area contributed by atoms with Crippen LogP contribution in [0.5, 0.6) is 0 Å². The first kappa shape index (κ1) is 10.1. The van der Waals surface area contributed by atoms with Crippen molar-refractivity contribution in [2.75, 3.05) is 19.6 Å². The molecule has 74 valence electrons. The van der Waals surface area contributed by atoms with Crippen LogP contribution in [0.3, 0.4) is 0 Å². The van der Waals surface area contributed by atoms with E-state index < -0.39 is 0 Å². The Hall–Kier alpha value is -0.990. The smallest absolute Gasteiger partial charge is 0.220 e. The molecule has 0 radical (unpaired) electrons. The molecule has 0 aromatic heterocycles. The molecule has 1 N–H and O–H groups in total. The normalized spacial score (nSPS) is 20.6. The number of carbonyl (C=O) groups is 1. The van der Waals surface area contributed by atoms with Gasteiger partial charge in [-0.1, -0.05) is 6.58 Å². The highest BCUT2D eigenvalue weighted by Crippen LogP contribution is 2.05. The van der Waals surface area contributed by atoms with Crippen molar-refractivity contribution in [2.24, 2.45) is 0 Å². The summed E-state index contributed by atoms with van der Waals surface area (Å²) < 4.78 is 0. The maximum atomic E-state index is 10.1. The van der Waals surface area contributed by atoms with E-state index in [1.165, 1.54) is 25.9 Å². The molecule has 1 amide bonds. The number of carbonyl (C=O) groups excluding carboxylic acids is 1. The van der Waals surface area contributed by atoms with Gasteiger partial charge in [-0.2, -0.15) is 0 Å². The fraction of sp³-hybridized carbons (Fsp3) is 0.700. The minimum Gasteiger partial charge on any atom is -0.378 e. The Morgan fingerprint density at radius 2 is 2.00 bits per heavy atom. The molecular formula is C10H18N2O. The molecule has 0 aromatic rings. The second-order valence-electron chi connectivity index (χ2n) is 3.38. The van der Waals surface area contributed by atoms with Gasteiger partial charge >= 0.3 is 0 Å². The zero-order valence-corrected chi connectivity index (χ0v) is 8.09. The van der Waals surface area contributed by atoms with Gasteiger partial charge in [-0.15, -0.1) is 0 Å². The minimum atomic E-state index is 0.204. The van der Waals surface area contributed by atoms with Crippen molar-refractivity contribution < 1.29 is 4.79 Å². The molecule has 2 heterocycles. The van der Waals surface area contributed by atoms with E-state index in [1.807, 2.05) is 6.20 Å². The van der Waals surface area contributed by atoms with Crippen molar-refractivity contribution >= 4 is 5.91 Å². The summed E-state index contributed by atoms with van der Waals surface area (Å²) >= 11 is 0. The number of hydrogen-bond donors (Lipinski definition) is 1. The lowest BCUT2D eigenvalue weighted by Gasteiger charge is -2.07. The highest BCUT2D eigenvalue weighted by Gasteiger charge is 2.05. The van der Waals surface area contributed by atoms with Crippen LogP contribution in [0.15, 0.2) is 12.8 Å². The average Bonchev–Trinajstić information content (AvgIpc) is 2.76. The number of hydrogen-bond acceptors (Lipinski definition) is 2. The van der Waals surface area contributed by atoms with Crippen molar-refractivity contribution in [3.05, 3.63) is 12.8 Å². The maximum absolute atomic E-state index is 10.1. The summed E-state index contributed by atoms with van der Waals surface area (Å²) in [6, 6.07) is 0. The first-order valence-electron chi connectivity index (χ1n) is 4.96. The number of nitrogens with zero attached hydrogens (tertiary/aromatic N) is 1. The largest absolute Gasteiger partial charge is 0.378 e. The summed E-state index contributed by atoms with van der Waals surface area (Å²) in [5.41, 5.74) is 0. The Balaban J connectivity index is 0.000000132. The van der Waals surface area contributed by atoms with Gasteiger partial charge in [0.2, 0.25) is 5.91 Å². The summed E-state index contributed by atoms with van der Waals surface area (Å²) in [4.78, 5) is 12.4. The molecule has 0 aromatic carbocycles. The molecule has 0 bridgehead atoms. The molecule has 2 rings (SSSR count). The van der Waals surface area contributed by atoms with Crippen molar-refractivity contribution in [1.82, 2.24) is 10.2 Å². The van der Waals surface area contributed by atoms with Gasteiger partial charge in [0, 0.05) is 26.1 Å². The molecule has 3 nitrogen and oxygen atoms in total. The predicted molar refractivity (Wildman–Crippen MR) is 53.2 cm³/mol. The SMILES string of the molecule is C=CN1CCCC1.O=C1CCCN1. The molecule has 0 unspecified atom stereocenters. The predicted octanol–water partition coefficient (Wildman–Crippen LogP) is 1.12. The molecule has 0 saturated carbocycles. The lowest BCUT2D eigenvalue weighted by Crippen LogP contribution is -2.12. The van der Waals surface area contributed by atoms with E-state index in [1.54, 1.807) is 0 Å². The summed E-state index contributed by atoms with van der Waals surface area (Å²) in [6.45, 7) is 7.01. The Morgan fingerprint density at radius 3 is 2.23 bits per heavy atom. The van der Waals surface area contributed by atoms with Gasteiger partial charge in [0.1, 0.15) is 0 Å². The van der Waals surface area contributed by atoms with Crippen LogP contribution in [0.4, 0.5) is 0 Å². The molecule has 2 saturated heterocycles.